The van der Waals surface area contributed by atoms with Crippen molar-refractivity contribution in [3.63, 3.8) is 0 Å². The van der Waals surface area contributed by atoms with Crippen LogP contribution in [-0.2, 0) is 0 Å². The number of hydrogen-bond donors (Lipinski definition) is 0. The molecule has 0 fully saturated rings. The fraction of sp³-hybridized carbons (Fsp3) is 0.200. The van der Waals surface area contributed by atoms with Gasteiger partial charge in [-0.25, -0.2) is 4.98 Å². The highest BCUT2D eigenvalue weighted by atomic mass is 79.9. The van der Waals surface area contributed by atoms with Crippen molar-refractivity contribution >= 4 is 33.6 Å². The summed E-state index contributed by atoms with van der Waals surface area (Å²) < 4.78 is 0.815. The molecule has 1 rings (SSSR count). The Morgan fingerprint density at radius 2 is 2.44 bits per heavy atom. The van der Waals surface area contributed by atoms with E-state index in [4.69, 9.17) is 0 Å². The standard InChI is InChI=1S/C5H4BrNOS/c1-3-7-4(2-8)5(6)9-3/h2H,1H3. The van der Waals surface area contributed by atoms with E-state index < -0.39 is 0 Å². The first-order chi connectivity index (χ1) is 4.24. The minimum Gasteiger partial charge on any atom is -0.296 e. The number of thiazole rings is 1. The van der Waals surface area contributed by atoms with Crippen molar-refractivity contribution in [2.24, 2.45) is 0 Å². The van der Waals surface area contributed by atoms with Gasteiger partial charge in [0.15, 0.2) is 6.29 Å². The van der Waals surface area contributed by atoms with Crippen molar-refractivity contribution in [2.45, 2.75) is 6.92 Å². The van der Waals surface area contributed by atoms with Gasteiger partial charge in [-0.2, -0.15) is 0 Å². The van der Waals surface area contributed by atoms with Gasteiger partial charge in [0, 0.05) is 0 Å². The van der Waals surface area contributed by atoms with Gasteiger partial charge >= 0.3 is 0 Å². The third kappa shape index (κ3) is 1.37. The summed E-state index contributed by atoms with van der Waals surface area (Å²) in [6, 6.07) is 0. The monoisotopic (exact) mass is 205 g/mol. The SMILES string of the molecule is Cc1nc(C=O)c(Br)s1. The Bertz CT molecular complexity index is 233. The Morgan fingerprint density at radius 3 is 2.67 bits per heavy atom. The van der Waals surface area contributed by atoms with E-state index in [0.29, 0.717) is 5.69 Å². The maximum Gasteiger partial charge on any atom is 0.170 e. The Kier molecular flexibility index (Phi) is 1.97. The van der Waals surface area contributed by atoms with Gasteiger partial charge in [-0.05, 0) is 22.9 Å². The number of halogens is 1. The first-order valence-corrected chi connectivity index (χ1v) is 3.93. The van der Waals surface area contributed by atoms with Crippen molar-refractivity contribution in [2.75, 3.05) is 0 Å². The fourth-order valence-corrected chi connectivity index (χ4v) is 1.98. The minimum absolute atomic E-state index is 0.498. The smallest absolute Gasteiger partial charge is 0.170 e. The number of aldehydes is 1. The molecule has 4 heteroatoms. The number of hydrogen-bond acceptors (Lipinski definition) is 3. The first kappa shape index (κ1) is 6.89. The molecule has 0 aliphatic rings. The van der Waals surface area contributed by atoms with E-state index in [1.165, 1.54) is 11.3 Å². The second-order valence-electron chi connectivity index (χ2n) is 1.51. The van der Waals surface area contributed by atoms with Crippen LogP contribution in [0.4, 0.5) is 0 Å². The zero-order valence-electron chi connectivity index (χ0n) is 4.72. The molecule has 0 spiro atoms. The van der Waals surface area contributed by atoms with Crippen LogP contribution in [0, 0.1) is 6.92 Å². The van der Waals surface area contributed by atoms with E-state index in [1.807, 2.05) is 6.92 Å². The summed E-state index contributed by atoms with van der Waals surface area (Å²) in [4.78, 5) is 14.1. The second-order valence-corrected chi connectivity index (χ2v) is 4.03. The van der Waals surface area contributed by atoms with Crippen molar-refractivity contribution in [3.05, 3.63) is 14.5 Å². The van der Waals surface area contributed by atoms with E-state index in [1.54, 1.807) is 0 Å². The van der Waals surface area contributed by atoms with Crippen molar-refractivity contribution in [3.8, 4) is 0 Å². The Hall–Kier alpha value is -0.220. The lowest BCUT2D eigenvalue weighted by atomic mass is 10.6. The van der Waals surface area contributed by atoms with Crippen LogP contribution in [0.2, 0.25) is 0 Å². The lowest BCUT2D eigenvalue weighted by Gasteiger charge is -1.74. The van der Waals surface area contributed by atoms with Crippen LogP contribution < -0.4 is 0 Å². The van der Waals surface area contributed by atoms with E-state index in [9.17, 15) is 4.79 Å². The molecular formula is C5H4BrNOS. The van der Waals surface area contributed by atoms with Gasteiger partial charge in [-0.1, -0.05) is 0 Å². The van der Waals surface area contributed by atoms with Gasteiger partial charge < -0.3 is 0 Å². The molecular weight excluding hydrogens is 202 g/mol. The largest absolute Gasteiger partial charge is 0.296 e. The molecule has 0 amide bonds. The molecule has 1 heterocycles. The molecule has 0 N–H and O–H groups in total. The maximum atomic E-state index is 10.2. The van der Waals surface area contributed by atoms with Crippen molar-refractivity contribution in [1.82, 2.24) is 4.98 Å². The molecule has 0 saturated carbocycles. The summed E-state index contributed by atoms with van der Waals surface area (Å²) in [6.45, 7) is 1.86. The summed E-state index contributed by atoms with van der Waals surface area (Å²) in [5.74, 6) is 0. The highest BCUT2D eigenvalue weighted by Crippen LogP contribution is 2.22. The second kappa shape index (κ2) is 2.58. The van der Waals surface area contributed by atoms with Gasteiger partial charge in [0.05, 0.1) is 5.01 Å². The van der Waals surface area contributed by atoms with E-state index in [0.717, 1.165) is 15.1 Å². The predicted molar refractivity (Wildman–Crippen MR) is 39.9 cm³/mol. The van der Waals surface area contributed by atoms with E-state index in [2.05, 4.69) is 20.9 Å². The molecule has 0 aromatic carbocycles. The molecule has 0 saturated heterocycles. The Labute approximate surface area is 65.1 Å². The summed E-state index contributed by atoms with van der Waals surface area (Å²) in [7, 11) is 0. The third-order valence-corrected chi connectivity index (χ3v) is 2.50. The molecule has 0 radical (unpaired) electrons. The molecule has 0 atom stereocenters. The van der Waals surface area contributed by atoms with Gasteiger partial charge in [-0.3, -0.25) is 4.79 Å². The predicted octanol–water partition coefficient (Wildman–Crippen LogP) is 2.03. The summed E-state index contributed by atoms with van der Waals surface area (Å²) in [5.41, 5.74) is 0.498. The van der Waals surface area contributed by atoms with Gasteiger partial charge in [0.2, 0.25) is 0 Å². The number of nitrogens with zero attached hydrogens (tertiary/aromatic N) is 1. The average Bonchev–Trinajstić information content (AvgIpc) is 2.10. The van der Waals surface area contributed by atoms with Crippen LogP contribution in [0.5, 0.6) is 0 Å². The summed E-state index contributed by atoms with van der Waals surface area (Å²) in [5, 5.41) is 0.906. The number of aryl methyl sites for hydroxylation is 1. The topological polar surface area (TPSA) is 30.0 Å². The molecule has 0 aliphatic heterocycles. The molecule has 0 aliphatic carbocycles. The van der Waals surface area contributed by atoms with Crippen LogP contribution in [0.15, 0.2) is 3.79 Å². The quantitative estimate of drug-likeness (QED) is 0.658. The number of carbonyl (C=O) groups is 1. The molecule has 48 valence electrons. The van der Waals surface area contributed by atoms with Crippen LogP contribution in [0.3, 0.4) is 0 Å². The fourth-order valence-electron chi connectivity index (χ4n) is 0.491. The minimum atomic E-state index is 0.498. The van der Waals surface area contributed by atoms with E-state index in [-0.39, 0.29) is 0 Å². The highest BCUT2D eigenvalue weighted by Gasteiger charge is 2.02. The number of rotatable bonds is 1. The third-order valence-electron chi connectivity index (χ3n) is 0.828. The molecule has 0 unspecified atom stereocenters. The molecule has 1 aromatic heterocycles. The van der Waals surface area contributed by atoms with Gasteiger partial charge in [0.1, 0.15) is 9.48 Å². The summed E-state index contributed by atoms with van der Waals surface area (Å²) >= 11 is 4.67. The van der Waals surface area contributed by atoms with Crippen molar-refractivity contribution < 1.29 is 4.79 Å². The van der Waals surface area contributed by atoms with Gasteiger partial charge in [0.25, 0.3) is 0 Å². The van der Waals surface area contributed by atoms with Crippen LogP contribution in [0.1, 0.15) is 15.5 Å². The zero-order chi connectivity index (χ0) is 6.85. The first-order valence-electron chi connectivity index (χ1n) is 2.32. The van der Waals surface area contributed by atoms with Crippen LogP contribution in [0.25, 0.3) is 0 Å². The lowest BCUT2D eigenvalue weighted by Crippen LogP contribution is -1.78. The normalized spacial score (nSPS) is 9.56. The molecule has 1 aromatic rings. The number of carbonyl (C=O) groups excluding carboxylic acids is 1. The van der Waals surface area contributed by atoms with Crippen LogP contribution in [-0.4, -0.2) is 11.3 Å². The maximum absolute atomic E-state index is 10.2. The average molecular weight is 206 g/mol. The molecule has 9 heavy (non-hydrogen) atoms. The molecule has 0 bridgehead atoms. The number of aromatic nitrogens is 1. The van der Waals surface area contributed by atoms with E-state index >= 15 is 0 Å². The highest BCUT2D eigenvalue weighted by molar-refractivity contribution is 9.11. The Morgan fingerprint density at radius 1 is 1.78 bits per heavy atom. The molecule has 2 nitrogen and oxygen atoms in total. The summed E-state index contributed by atoms with van der Waals surface area (Å²) in [6.07, 6.45) is 0.744. The van der Waals surface area contributed by atoms with Crippen LogP contribution >= 0.6 is 27.3 Å². The van der Waals surface area contributed by atoms with Crippen molar-refractivity contribution in [1.29, 1.82) is 0 Å². The lowest BCUT2D eigenvalue weighted by molar-refractivity contribution is 0.111. The van der Waals surface area contributed by atoms with Gasteiger partial charge in [-0.15, -0.1) is 11.3 Å². The Balaban J connectivity index is 3.15. The zero-order valence-corrected chi connectivity index (χ0v) is 7.12.